The van der Waals surface area contributed by atoms with Crippen molar-refractivity contribution in [1.29, 1.82) is 0 Å². The number of thioether (sulfide) groups is 1. The molecule has 0 bridgehead atoms. The third kappa shape index (κ3) is 6.38. The lowest BCUT2D eigenvalue weighted by Gasteiger charge is -2.20. The molecular weight excluding hydrogens is 556 g/mol. The summed E-state index contributed by atoms with van der Waals surface area (Å²) in [5.41, 5.74) is 3.65. The molecule has 4 aromatic rings. The summed E-state index contributed by atoms with van der Waals surface area (Å²) in [5.74, 6) is 0.388. The topological polar surface area (TPSA) is 120 Å². The van der Waals surface area contributed by atoms with Crippen LogP contribution >= 0.6 is 11.8 Å². The van der Waals surface area contributed by atoms with E-state index in [1.807, 2.05) is 66.6 Å². The third-order valence-corrected chi connectivity index (χ3v) is 7.49. The Morgan fingerprint density at radius 2 is 1.67 bits per heavy atom. The zero-order valence-electron chi connectivity index (χ0n) is 24.8. The number of benzene rings is 2. The number of imidazole rings is 1. The second kappa shape index (κ2) is 13.0. The second-order valence-corrected chi connectivity index (χ2v) is 11.0. The van der Waals surface area contributed by atoms with Crippen molar-refractivity contribution in [2.45, 2.75) is 38.8 Å². The van der Waals surface area contributed by atoms with Crippen LogP contribution in [0, 0.1) is 0 Å². The van der Waals surface area contributed by atoms with E-state index in [1.54, 1.807) is 40.2 Å². The van der Waals surface area contributed by atoms with E-state index in [0.717, 1.165) is 33.9 Å². The van der Waals surface area contributed by atoms with Crippen molar-refractivity contribution in [3.63, 3.8) is 0 Å². The van der Waals surface area contributed by atoms with Crippen molar-refractivity contribution in [2.75, 3.05) is 27.2 Å². The summed E-state index contributed by atoms with van der Waals surface area (Å²) in [6, 6.07) is 11.3. The molecule has 2 heterocycles. The predicted molar refractivity (Wildman–Crippen MR) is 164 cm³/mol. The van der Waals surface area contributed by atoms with Gasteiger partial charge in [0, 0.05) is 74.7 Å². The smallest absolute Gasteiger partial charge is 0.410 e. The Balaban J connectivity index is 2.01. The maximum atomic E-state index is 12.8. The minimum absolute atomic E-state index is 0.0511. The van der Waals surface area contributed by atoms with Crippen LogP contribution in [0.3, 0.4) is 0 Å². The molecule has 12 heteroatoms. The fraction of sp³-hybridized carbons (Fsp3) is 0.333. The maximum Gasteiger partial charge on any atom is 0.412 e. The number of ether oxygens (including phenoxy) is 2. The van der Waals surface area contributed by atoms with Gasteiger partial charge in [-0.25, -0.2) is 14.6 Å². The average molecular weight is 593 g/mol. The molecule has 11 nitrogen and oxygen atoms in total. The average Bonchev–Trinajstić information content (AvgIpc) is 3.52. The molecule has 0 aliphatic carbocycles. The number of rotatable bonds is 8. The quantitative estimate of drug-likeness (QED) is 0.236. The van der Waals surface area contributed by atoms with Gasteiger partial charge in [-0.15, -0.1) is 0 Å². The first-order chi connectivity index (χ1) is 20.0. The van der Waals surface area contributed by atoms with Crippen LogP contribution < -0.4 is 20.1 Å². The van der Waals surface area contributed by atoms with Gasteiger partial charge in [0.1, 0.15) is 11.5 Å². The van der Waals surface area contributed by atoms with Crippen molar-refractivity contribution in [2.24, 2.45) is 7.05 Å². The molecule has 4 rings (SSSR count). The highest BCUT2D eigenvalue weighted by Gasteiger charge is 2.25. The Morgan fingerprint density at radius 3 is 2.29 bits per heavy atom. The number of nitrogens with one attached hydrogen (secondary N) is 2. The zero-order valence-corrected chi connectivity index (χ0v) is 25.7. The highest BCUT2D eigenvalue weighted by molar-refractivity contribution is 8.13. The van der Waals surface area contributed by atoms with Gasteiger partial charge >= 0.3 is 12.2 Å². The highest BCUT2D eigenvalue weighted by Crippen LogP contribution is 2.42. The molecule has 0 atom stereocenters. The summed E-state index contributed by atoms with van der Waals surface area (Å²) in [5, 5.41) is 6.48. The summed E-state index contributed by atoms with van der Waals surface area (Å²) < 4.78 is 15.3. The standard InChI is InChI=1S/C30H36N6O5S/c1-8-31-28(37)40-25-16-26(41-29(38)32-9-2)21(15-20(25)18(3)4)24-17-33-27(42-30(39)34(5)6)36(24)23-12-10-11-22-19(23)13-14-35(22)7/h10-18H,8-9H2,1-7H3,(H,31,37)(H,32,38). The molecule has 0 saturated heterocycles. The lowest BCUT2D eigenvalue weighted by Crippen LogP contribution is -2.27. The van der Waals surface area contributed by atoms with Gasteiger partial charge in [0.05, 0.1) is 17.6 Å². The molecule has 2 aromatic heterocycles. The summed E-state index contributed by atoms with van der Waals surface area (Å²) in [6.07, 6.45) is 2.35. The van der Waals surface area contributed by atoms with Crippen molar-refractivity contribution < 1.29 is 23.9 Å². The fourth-order valence-corrected chi connectivity index (χ4v) is 5.18. The van der Waals surface area contributed by atoms with E-state index in [9.17, 15) is 14.4 Å². The van der Waals surface area contributed by atoms with E-state index < -0.39 is 12.2 Å². The van der Waals surface area contributed by atoms with Gasteiger partial charge in [-0.05, 0) is 49.6 Å². The minimum Gasteiger partial charge on any atom is -0.410 e. The van der Waals surface area contributed by atoms with Gasteiger partial charge in [0.25, 0.3) is 5.24 Å². The van der Waals surface area contributed by atoms with Gasteiger partial charge < -0.3 is 29.6 Å². The molecular formula is C30H36N6O5S. The van der Waals surface area contributed by atoms with Crippen LogP contribution in [0.15, 0.2) is 53.9 Å². The normalized spacial score (nSPS) is 11.0. The Kier molecular flexibility index (Phi) is 9.46. The molecule has 0 radical (unpaired) electrons. The summed E-state index contributed by atoms with van der Waals surface area (Å²) >= 11 is 0.994. The van der Waals surface area contributed by atoms with E-state index in [0.29, 0.717) is 29.5 Å². The number of carbonyl (C=O) groups excluding carboxylic acids is 3. The van der Waals surface area contributed by atoms with Gasteiger partial charge in [0.15, 0.2) is 5.16 Å². The molecule has 0 fully saturated rings. The van der Waals surface area contributed by atoms with Crippen LogP contribution in [0.1, 0.15) is 39.2 Å². The van der Waals surface area contributed by atoms with Gasteiger partial charge in [0.2, 0.25) is 0 Å². The number of hydrogen-bond acceptors (Lipinski definition) is 7. The largest absolute Gasteiger partial charge is 0.412 e. The molecule has 3 amide bonds. The molecule has 2 aromatic carbocycles. The first kappa shape index (κ1) is 30.5. The summed E-state index contributed by atoms with van der Waals surface area (Å²) in [4.78, 5) is 44.0. The summed E-state index contributed by atoms with van der Waals surface area (Å²) in [6.45, 7) is 8.30. The number of aryl methyl sites for hydroxylation is 1. The maximum absolute atomic E-state index is 12.8. The van der Waals surface area contributed by atoms with E-state index in [1.165, 1.54) is 4.90 Å². The molecule has 42 heavy (non-hydrogen) atoms. The molecule has 0 aliphatic rings. The first-order valence-corrected chi connectivity index (χ1v) is 14.5. The van der Waals surface area contributed by atoms with Crippen molar-refractivity contribution in [3.05, 3.63) is 54.4 Å². The van der Waals surface area contributed by atoms with Crippen molar-refractivity contribution in [3.8, 4) is 28.4 Å². The van der Waals surface area contributed by atoms with Gasteiger partial charge in [-0.3, -0.25) is 9.36 Å². The number of aromatic nitrogens is 3. The molecule has 0 unspecified atom stereocenters. The van der Waals surface area contributed by atoms with E-state index in [4.69, 9.17) is 9.47 Å². The Morgan fingerprint density at radius 1 is 1.00 bits per heavy atom. The Hall–Kier alpha value is -4.45. The van der Waals surface area contributed by atoms with E-state index in [2.05, 4.69) is 15.6 Å². The van der Waals surface area contributed by atoms with Gasteiger partial charge in [-0.1, -0.05) is 19.9 Å². The van der Waals surface area contributed by atoms with Crippen molar-refractivity contribution in [1.82, 2.24) is 29.7 Å². The first-order valence-electron chi connectivity index (χ1n) is 13.7. The molecule has 2 N–H and O–H groups in total. The summed E-state index contributed by atoms with van der Waals surface area (Å²) in [7, 11) is 5.33. The SMILES string of the molecule is CCNC(=O)Oc1cc(OC(=O)NCC)c(C(C)C)cc1-c1cnc(SC(=O)N(C)C)n1-c1cccc2c1ccn2C. The number of nitrogens with zero attached hydrogens (tertiary/aromatic N) is 4. The number of hydrogen-bond donors (Lipinski definition) is 2. The van der Waals surface area contributed by atoms with E-state index in [-0.39, 0.29) is 22.7 Å². The number of fused-ring (bicyclic) bond motifs is 1. The number of carbonyl (C=O) groups is 3. The molecule has 222 valence electrons. The lowest BCUT2D eigenvalue weighted by atomic mass is 9.97. The Bertz CT molecular complexity index is 1620. The third-order valence-electron chi connectivity index (χ3n) is 6.48. The monoisotopic (exact) mass is 592 g/mol. The van der Waals surface area contributed by atoms with Crippen LogP contribution in [0.4, 0.5) is 14.4 Å². The Labute approximate surface area is 249 Å². The predicted octanol–water partition coefficient (Wildman–Crippen LogP) is 6.14. The molecule has 0 saturated carbocycles. The van der Waals surface area contributed by atoms with Crippen LogP contribution in [0.25, 0.3) is 27.8 Å². The fourth-order valence-electron chi connectivity index (χ4n) is 4.44. The molecule has 0 aliphatic heterocycles. The second-order valence-electron chi connectivity index (χ2n) is 10.0. The van der Waals surface area contributed by atoms with E-state index >= 15 is 0 Å². The van der Waals surface area contributed by atoms with Crippen LogP contribution in [-0.4, -0.2) is 63.6 Å². The molecule has 0 spiro atoms. The highest BCUT2D eigenvalue weighted by atomic mass is 32.2. The van der Waals surface area contributed by atoms with Crippen LogP contribution in [0.5, 0.6) is 11.5 Å². The van der Waals surface area contributed by atoms with Crippen molar-refractivity contribution >= 4 is 40.1 Å². The lowest BCUT2D eigenvalue weighted by molar-refractivity contribution is 0.199. The van der Waals surface area contributed by atoms with Gasteiger partial charge in [-0.2, -0.15) is 0 Å². The van der Waals surface area contributed by atoms with Crippen LogP contribution in [0.2, 0.25) is 0 Å². The number of amides is 3. The zero-order chi connectivity index (χ0) is 30.6. The minimum atomic E-state index is -0.659. The van der Waals surface area contributed by atoms with Crippen LogP contribution in [-0.2, 0) is 7.05 Å².